The molecule has 1 fully saturated rings. The Hall–Kier alpha value is -0.800. The highest BCUT2D eigenvalue weighted by Crippen LogP contribution is 2.31. The molecule has 4 heteroatoms. The van der Waals surface area contributed by atoms with Gasteiger partial charge in [0.05, 0.1) is 0 Å². The Balaban J connectivity index is 1.62. The van der Waals surface area contributed by atoms with E-state index in [1.165, 1.54) is 25.3 Å². The monoisotopic (exact) mass is 283 g/mol. The van der Waals surface area contributed by atoms with Gasteiger partial charge in [-0.2, -0.15) is 0 Å². The third kappa shape index (κ3) is 2.87. The van der Waals surface area contributed by atoms with Crippen molar-refractivity contribution < 1.29 is 9.13 Å². The van der Waals surface area contributed by atoms with Crippen molar-refractivity contribution in [1.29, 1.82) is 0 Å². The largest absolute Gasteiger partial charge is 0.488 e. The minimum Gasteiger partial charge on any atom is -0.488 e. The fourth-order valence-corrected chi connectivity index (χ4v) is 3.15. The molecule has 1 aliphatic heterocycles. The summed E-state index contributed by atoms with van der Waals surface area (Å²) in [6, 6.07) is 5.46. The molecule has 2 nitrogen and oxygen atoms in total. The van der Waals surface area contributed by atoms with Gasteiger partial charge in [-0.3, -0.25) is 4.90 Å². The van der Waals surface area contributed by atoms with Crippen molar-refractivity contribution in [2.75, 3.05) is 19.0 Å². The van der Waals surface area contributed by atoms with Gasteiger partial charge in [0.1, 0.15) is 17.7 Å². The number of benzene rings is 1. The van der Waals surface area contributed by atoms with E-state index in [4.69, 9.17) is 16.3 Å². The third-order valence-corrected chi connectivity index (χ3v) is 4.33. The Kier molecular flexibility index (Phi) is 3.94. The van der Waals surface area contributed by atoms with Crippen molar-refractivity contribution in [3.8, 4) is 5.75 Å². The lowest BCUT2D eigenvalue weighted by Crippen LogP contribution is -2.46. The van der Waals surface area contributed by atoms with E-state index in [9.17, 15) is 4.39 Å². The molecule has 19 heavy (non-hydrogen) atoms. The predicted molar refractivity (Wildman–Crippen MR) is 74.5 cm³/mol. The molecule has 1 unspecified atom stereocenters. The Morgan fingerprint density at radius 1 is 1.37 bits per heavy atom. The Labute approximate surface area is 118 Å². The van der Waals surface area contributed by atoms with Crippen molar-refractivity contribution in [3.05, 3.63) is 29.6 Å². The van der Waals surface area contributed by atoms with Crippen LogP contribution in [0.4, 0.5) is 4.39 Å². The van der Waals surface area contributed by atoms with Crippen LogP contribution in [0.1, 0.15) is 24.8 Å². The highest BCUT2D eigenvalue weighted by Gasteiger charge is 2.30. The van der Waals surface area contributed by atoms with Crippen LogP contribution in [0.3, 0.4) is 0 Å². The number of rotatable bonds is 5. The van der Waals surface area contributed by atoms with E-state index in [2.05, 4.69) is 4.90 Å². The molecular weight excluding hydrogens is 265 g/mol. The highest BCUT2D eigenvalue weighted by atomic mass is 35.5. The van der Waals surface area contributed by atoms with Crippen molar-refractivity contribution in [3.63, 3.8) is 0 Å². The van der Waals surface area contributed by atoms with Crippen molar-refractivity contribution in [2.24, 2.45) is 0 Å². The molecule has 0 spiro atoms. The number of hydrogen-bond donors (Lipinski definition) is 0. The van der Waals surface area contributed by atoms with Gasteiger partial charge in [-0.1, -0.05) is 6.42 Å². The van der Waals surface area contributed by atoms with Gasteiger partial charge >= 0.3 is 0 Å². The summed E-state index contributed by atoms with van der Waals surface area (Å²) in [4.78, 5) is 2.43. The second-order valence-corrected chi connectivity index (χ2v) is 5.84. The van der Waals surface area contributed by atoms with E-state index in [-0.39, 0.29) is 11.9 Å². The topological polar surface area (TPSA) is 12.5 Å². The number of ether oxygens (including phenoxy) is 1. The van der Waals surface area contributed by atoms with Gasteiger partial charge in [0.15, 0.2) is 0 Å². The van der Waals surface area contributed by atoms with E-state index in [0.29, 0.717) is 11.9 Å². The highest BCUT2D eigenvalue weighted by molar-refractivity contribution is 6.18. The molecule has 0 saturated heterocycles. The number of nitrogens with zero attached hydrogens (tertiary/aromatic N) is 1. The lowest BCUT2D eigenvalue weighted by Gasteiger charge is -2.38. The summed E-state index contributed by atoms with van der Waals surface area (Å²) in [6.07, 6.45) is 4.80. The molecule has 0 bridgehead atoms. The first-order valence-electron chi connectivity index (χ1n) is 7.01. The summed E-state index contributed by atoms with van der Waals surface area (Å²) in [7, 11) is 0. The third-order valence-electron chi connectivity index (χ3n) is 4.16. The molecule has 104 valence electrons. The molecule has 0 N–H and O–H groups in total. The normalized spacial score (nSPS) is 22.2. The summed E-state index contributed by atoms with van der Waals surface area (Å²) in [5.74, 6) is 1.32. The molecule has 3 rings (SSSR count). The van der Waals surface area contributed by atoms with E-state index >= 15 is 0 Å². The van der Waals surface area contributed by atoms with Crippen LogP contribution in [0, 0.1) is 5.82 Å². The van der Waals surface area contributed by atoms with E-state index in [1.807, 2.05) is 0 Å². The zero-order valence-electron chi connectivity index (χ0n) is 10.9. The molecule has 0 amide bonds. The minimum absolute atomic E-state index is 0.139. The van der Waals surface area contributed by atoms with Gasteiger partial charge in [-0.15, -0.1) is 11.6 Å². The van der Waals surface area contributed by atoms with Crippen LogP contribution in [-0.2, 0) is 6.42 Å². The Bertz CT molecular complexity index is 450. The van der Waals surface area contributed by atoms with E-state index in [0.717, 1.165) is 30.8 Å². The molecule has 0 aromatic heterocycles. The van der Waals surface area contributed by atoms with Gasteiger partial charge in [0.2, 0.25) is 0 Å². The van der Waals surface area contributed by atoms with Gasteiger partial charge in [-0.05, 0) is 31.0 Å². The maximum atomic E-state index is 13.2. The Morgan fingerprint density at radius 2 is 2.21 bits per heavy atom. The van der Waals surface area contributed by atoms with Crippen molar-refractivity contribution in [2.45, 2.75) is 37.8 Å². The fraction of sp³-hybridized carbons (Fsp3) is 0.600. The molecule has 1 heterocycles. The summed E-state index contributed by atoms with van der Waals surface area (Å²) in [6.45, 7) is 1.81. The summed E-state index contributed by atoms with van der Waals surface area (Å²) in [5.41, 5.74) is 0.990. The zero-order valence-corrected chi connectivity index (χ0v) is 11.7. The second kappa shape index (κ2) is 5.68. The first-order valence-corrected chi connectivity index (χ1v) is 7.55. The van der Waals surface area contributed by atoms with Crippen LogP contribution in [0.2, 0.25) is 0 Å². The molecular formula is C15H19ClFNO. The molecule has 1 aliphatic carbocycles. The van der Waals surface area contributed by atoms with Crippen molar-refractivity contribution >= 4 is 11.6 Å². The maximum Gasteiger partial charge on any atom is 0.123 e. The summed E-state index contributed by atoms with van der Waals surface area (Å²) in [5, 5.41) is 0. The molecule has 1 saturated carbocycles. The van der Waals surface area contributed by atoms with Crippen LogP contribution in [0.25, 0.3) is 0 Å². The maximum absolute atomic E-state index is 13.2. The number of fused-ring (bicyclic) bond motifs is 1. The minimum atomic E-state index is -0.181. The standard InChI is InChI=1S/C15H19ClFNO/c16-6-7-18(13-2-1-3-13)10-14-9-11-8-12(17)4-5-15(11)19-14/h4-5,8,13-14H,1-3,6-7,9-10H2. The van der Waals surface area contributed by atoms with Crippen LogP contribution < -0.4 is 4.74 Å². The summed E-state index contributed by atoms with van der Waals surface area (Å²) < 4.78 is 19.1. The molecule has 0 radical (unpaired) electrons. The van der Waals surface area contributed by atoms with Gasteiger partial charge < -0.3 is 4.74 Å². The lowest BCUT2D eigenvalue weighted by atomic mass is 9.91. The molecule has 2 aliphatic rings. The molecule has 1 aromatic rings. The number of alkyl halides is 1. The average molecular weight is 284 g/mol. The van der Waals surface area contributed by atoms with Crippen molar-refractivity contribution in [1.82, 2.24) is 4.90 Å². The number of hydrogen-bond acceptors (Lipinski definition) is 2. The first kappa shape index (κ1) is 13.2. The smallest absolute Gasteiger partial charge is 0.123 e. The van der Waals surface area contributed by atoms with Gasteiger partial charge in [0, 0.05) is 37.0 Å². The van der Waals surface area contributed by atoms with E-state index in [1.54, 1.807) is 12.1 Å². The van der Waals surface area contributed by atoms with Crippen LogP contribution in [-0.4, -0.2) is 36.0 Å². The SMILES string of the molecule is Fc1ccc2c(c1)CC(CN(CCCl)C1CCC1)O2. The number of halogens is 2. The lowest BCUT2D eigenvalue weighted by molar-refractivity contribution is 0.0840. The van der Waals surface area contributed by atoms with Crippen LogP contribution in [0.15, 0.2) is 18.2 Å². The van der Waals surface area contributed by atoms with Crippen LogP contribution in [0.5, 0.6) is 5.75 Å². The quantitative estimate of drug-likeness (QED) is 0.770. The molecule has 1 aromatic carbocycles. The van der Waals surface area contributed by atoms with Crippen LogP contribution >= 0.6 is 11.6 Å². The second-order valence-electron chi connectivity index (χ2n) is 5.46. The summed E-state index contributed by atoms with van der Waals surface area (Å²) >= 11 is 5.88. The van der Waals surface area contributed by atoms with E-state index < -0.39 is 0 Å². The van der Waals surface area contributed by atoms with Gasteiger partial charge in [0.25, 0.3) is 0 Å². The average Bonchev–Trinajstić information content (AvgIpc) is 2.68. The molecule has 1 atom stereocenters. The first-order chi connectivity index (χ1) is 9.26. The fourth-order valence-electron chi connectivity index (χ4n) is 2.94. The predicted octanol–water partition coefficient (Wildman–Crippen LogP) is 3.22. The zero-order chi connectivity index (χ0) is 13.2. The van der Waals surface area contributed by atoms with Gasteiger partial charge in [-0.25, -0.2) is 4.39 Å². The Morgan fingerprint density at radius 3 is 2.89 bits per heavy atom.